The molecule has 0 aliphatic rings. The molecule has 2 N–H and O–H groups in total. The average Bonchev–Trinajstić information content (AvgIpc) is 2.16. The topological polar surface area (TPSA) is 24.1 Å². The molecule has 0 fully saturated rings. The van der Waals surface area contributed by atoms with Gasteiger partial charge in [0.15, 0.2) is 5.11 Å². The number of benzene rings is 1. The van der Waals surface area contributed by atoms with Crippen LogP contribution in [-0.2, 0) is 0 Å². The van der Waals surface area contributed by atoms with Crippen LogP contribution in [0.2, 0.25) is 5.02 Å². The van der Waals surface area contributed by atoms with Crippen molar-refractivity contribution in [1.82, 2.24) is 10.6 Å². The number of rotatable bonds is 3. The largest absolute Gasteiger partial charge is 0.361 e. The molecule has 0 aliphatic carbocycles. The van der Waals surface area contributed by atoms with Crippen molar-refractivity contribution in [3.05, 3.63) is 34.9 Å². The van der Waals surface area contributed by atoms with Gasteiger partial charge in [0, 0.05) is 11.1 Å². The molecule has 88 valence electrons. The standard InChI is InChI=1S/C12H17ClN2S/c1-8(2)14-12(16)15-9(3)10-4-6-11(13)7-5-10/h4-9H,1-3H3,(H2,14,15,16)/t9-/m0/s1. The van der Waals surface area contributed by atoms with Gasteiger partial charge in [0.2, 0.25) is 0 Å². The van der Waals surface area contributed by atoms with Crippen LogP contribution in [0.1, 0.15) is 32.4 Å². The highest BCUT2D eigenvalue weighted by atomic mass is 35.5. The fourth-order valence-electron chi connectivity index (χ4n) is 1.34. The Labute approximate surface area is 107 Å². The van der Waals surface area contributed by atoms with Gasteiger partial charge >= 0.3 is 0 Å². The Morgan fingerprint density at radius 1 is 1.12 bits per heavy atom. The summed E-state index contributed by atoms with van der Waals surface area (Å²) in [6.07, 6.45) is 0. The van der Waals surface area contributed by atoms with E-state index < -0.39 is 0 Å². The molecule has 2 nitrogen and oxygen atoms in total. The van der Waals surface area contributed by atoms with Crippen molar-refractivity contribution in [3.63, 3.8) is 0 Å². The van der Waals surface area contributed by atoms with E-state index in [2.05, 4.69) is 31.4 Å². The van der Waals surface area contributed by atoms with E-state index in [-0.39, 0.29) is 6.04 Å². The van der Waals surface area contributed by atoms with Crippen LogP contribution in [0.5, 0.6) is 0 Å². The summed E-state index contributed by atoms with van der Waals surface area (Å²) in [5, 5.41) is 7.80. The third-order valence-electron chi connectivity index (χ3n) is 2.14. The number of thiocarbonyl (C=S) groups is 1. The second kappa shape index (κ2) is 6.06. The lowest BCUT2D eigenvalue weighted by Gasteiger charge is -2.19. The minimum atomic E-state index is 0.177. The number of hydrogen-bond donors (Lipinski definition) is 2. The zero-order valence-electron chi connectivity index (χ0n) is 9.75. The maximum absolute atomic E-state index is 5.83. The normalized spacial score (nSPS) is 12.3. The van der Waals surface area contributed by atoms with Gasteiger partial charge in [-0.3, -0.25) is 0 Å². The molecule has 1 rings (SSSR count). The predicted octanol–water partition coefficient (Wildman–Crippen LogP) is 3.27. The van der Waals surface area contributed by atoms with Crippen molar-refractivity contribution < 1.29 is 0 Å². The van der Waals surface area contributed by atoms with E-state index in [9.17, 15) is 0 Å². The zero-order chi connectivity index (χ0) is 12.1. The maximum atomic E-state index is 5.83. The highest BCUT2D eigenvalue weighted by Crippen LogP contribution is 2.15. The quantitative estimate of drug-likeness (QED) is 0.812. The molecule has 1 atom stereocenters. The number of halogens is 1. The van der Waals surface area contributed by atoms with Gasteiger partial charge in [-0.15, -0.1) is 0 Å². The second-order valence-electron chi connectivity index (χ2n) is 4.05. The first-order valence-electron chi connectivity index (χ1n) is 5.31. The Morgan fingerprint density at radius 3 is 2.19 bits per heavy atom. The molecule has 0 spiro atoms. The van der Waals surface area contributed by atoms with Gasteiger partial charge < -0.3 is 10.6 Å². The van der Waals surface area contributed by atoms with Crippen molar-refractivity contribution in [1.29, 1.82) is 0 Å². The average molecular weight is 257 g/mol. The van der Waals surface area contributed by atoms with Gasteiger partial charge in [-0.2, -0.15) is 0 Å². The first-order chi connectivity index (χ1) is 7.49. The Bertz CT molecular complexity index is 349. The highest BCUT2D eigenvalue weighted by Gasteiger charge is 2.07. The summed E-state index contributed by atoms with van der Waals surface area (Å²) >= 11 is 11.0. The Hall–Kier alpha value is -0.800. The van der Waals surface area contributed by atoms with E-state index >= 15 is 0 Å². The zero-order valence-corrected chi connectivity index (χ0v) is 11.3. The summed E-state index contributed by atoms with van der Waals surface area (Å²) in [5.74, 6) is 0. The molecule has 0 unspecified atom stereocenters. The summed E-state index contributed by atoms with van der Waals surface area (Å²) in [6, 6.07) is 8.28. The smallest absolute Gasteiger partial charge is 0.166 e. The molecule has 0 heterocycles. The molecule has 4 heteroatoms. The van der Waals surface area contributed by atoms with Gasteiger partial charge in [0.25, 0.3) is 0 Å². The lowest BCUT2D eigenvalue weighted by molar-refractivity contribution is 0.664. The van der Waals surface area contributed by atoms with Crippen LogP contribution in [0.3, 0.4) is 0 Å². The monoisotopic (exact) mass is 256 g/mol. The van der Waals surface area contributed by atoms with Crippen molar-refractivity contribution in [2.24, 2.45) is 0 Å². The van der Waals surface area contributed by atoms with Crippen molar-refractivity contribution in [3.8, 4) is 0 Å². The Kier molecular flexibility index (Phi) is 5.03. The molecular weight excluding hydrogens is 240 g/mol. The van der Waals surface area contributed by atoms with E-state index in [0.717, 1.165) is 10.6 Å². The van der Waals surface area contributed by atoms with Gasteiger partial charge in [0.05, 0.1) is 6.04 Å². The number of hydrogen-bond acceptors (Lipinski definition) is 1. The second-order valence-corrected chi connectivity index (χ2v) is 4.89. The molecule has 0 saturated heterocycles. The highest BCUT2D eigenvalue weighted by molar-refractivity contribution is 7.80. The molecule has 0 amide bonds. The SMILES string of the molecule is CC(C)NC(=S)N[C@@H](C)c1ccc(Cl)cc1. The van der Waals surface area contributed by atoms with Crippen LogP contribution in [0.15, 0.2) is 24.3 Å². The molecule has 0 radical (unpaired) electrons. The predicted molar refractivity (Wildman–Crippen MR) is 73.9 cm³/mol. The van der Waals surface area contributed by atoms with Crippen LogP contribution in [0.25, 0.3) is 0 Å². The van der Waals surface area contributed by atoms with E-state index in [0.29, 0.717) is 11.2 Å². The van der Waals surface area contributed by atoms with Gasteiger partial charge in [-0.25, -0.2) is 0 Å². The summed E-state index contributed by atoms with van der Waals surface area (Å²) in [4.78, 5) is 0. The molecule has 0 aromatic heterocycles. The Balaban J connectivity index is 2.55. The maximum Gasteiger partial charge on any atom is 0.166 e. The van der Waals surface area contributed by atoms with E-state index in [1.807, 2.05) is 24.3 Å². The first kappa shape index (κ1) is 13.3. The van der Waals surface area contributed by atoms with Crippen LogP contribution in [0, 0.1) is 0 Å². The minimum absolute atomic E-state index is 0.177. The fraction of sp³-hybridized carbons (Fsp3) is 0.417. The number of nitrogens with one attached hydrogen (secondary N) is 2. The van der Waals surface area contributed by atoms with Gasteiger partial charge in [0.1, 0.15) is 0 Å². The lowest BCUT2D eigenvalue weighted by atomic mass is 10.1. The minimum Gasteiger partial charge on any atom is -0.361 e. The van der Waals surface area contributed by atoms with Gasteiger partial charge in [-0.1, -0.05) is 23.7 Å². The van der Waals surface area contributed by atoms with Crippen LogP contribution < -0.4 is 10.6 Å². The summed E-state index contributed by atoms with van der Waals surface area (Å²) in [7, 11) is 0. The van der Waals surface area contributed by atoms with Gasteiger partial charge in [-0.05, 0) is 50.7 Å². The summed E-state index contributed by atoms with van der Waals surface area (Å²) in [6.45, 7) is 6.18. The lowest BCUT2D eigenvalue weighted by Crippen LogP contribution is -2.40. The third-order valence-corrected chi connectivity index (χ3v) is 2.63. The van der Waals surface area contributed by atoms with Crippen LogP contribution >= 0.6 is 23.8 Å². The van der Waals surface area contributed by atoms with Crippen molar-refractivity contribution in [2.45, 2.75) is 32.9 Å². The fourth-order valence-corrected chi connectivity index (χ4v) is 1.87. The molecule has 0 aliphatic heterocycles. The molecule has 0 bridgehead atoms. The molecule has 16 heavy (non-hydrogen) atoms. The van der Waals surface area contributed by atoms with Crippen LogP contribution in [0.4, 0.5) is 0 Å². The molecule has 1 aromatic carbocycles. The van der Waals surface area contributed by atoms with E-state index in [4.69, 9.17) is 23.8 Å². The Morgan fingerprint density at radius 2 is 1.69 bits per heavy atom. The molecule has 0 saturated carbocycles. The third kappa shape index (κ3) is 4.37. The molecule has 1 aromatic rings. The van der Waals surface area contributed by atoms with E-state index in [1.165, 1.54) is 0 Å². The van der Waals surface area contributed by atoms with E-state index in [1.54, 1.807) is 0 Å². The summed E-state index contributed by atoms with van der Waals surface area (Å²) in [5.41, 5.74) is 1.16. The van der Waals surface area contributed by atoms with Crippen molar-refractivity contribution >= 4 is 28.9 Å². The van der Waals surface area contributed by atoms with Crippen molar-refractivity contribution in [2.75, 3.05) is 0 Å². The van der Waals surface area contributed by atoms with Crippen LogP contribution in [-0.4, -0.2) is 11.2 Å². The summed E-state index contributed by atoms with van der Waals surface area (Å²) < 4.78 is 0. The first-order valence-corrected chi connectivity index (χ1v) is 6.10. The molecular formula is C12H17ClN2S.